The van der Waals surface area contributed by atoms with Crippen molar-refractivity contribution in [2.75, 3.05) is 19.5 Å². The summed E-state index contributed by atoms with van der Waals surface area (Å²) in [7, 11) is 3.24. The predicted molar refractivity (Wildman–Crippen MR) is 108 cm³/mol. The van der Waals surface area contributed by atoms with Crippen molar-refractivity contribution in [2.45, 2.75) is 12.8 Å². The molecule has 4 nitrogen and oxygen atoms in total. The minimum absolute atomic E-state index is 0.102. The number of amides is 1. The Morgan fingerprint density at radius 1 is 0.929 bits per heavy atom. The maximum Gasteiger partial charge on any atom is 0.224 e. The fourth-order valence-electron chi connectivity index (χ4n) is 2.91. The molecule has 144 valence electrons. The summed E-state index contributed by atoms with van der Waals surface area (Å²) in [6.45, 7) is 0. The van der Waals surface area contributed by atoms with E-state index >= 15 is 0 Å². The zero-order valence-corrected chi connectivity index (χ0v) is 15.9. The Bertz CT molecular complexity index is 937. The molecule has 0 heterocycles. The van der Waals surface area contributed by atoms with Crippen molar-refractivity contribution >= 4 is 11.6 Å². The second-order valence-corrected chi connectivity index (χ2v) is 6.32. The zero-order valence-electron chi connectivity index (χ0n) is 15.9. The van der Waals surface area contributed by atoms with Crippen LogP contribution in [-0.4, -0.2) is 20.1 Å². The van der Waals surface area contributed by atoms with E-state index in [0.29, 0.717) is 18.5 Å². The normalized spacial score (nSPS) is 10.4. The highest BCUT2D eigenvalue weighted by molar-refractivity contribution is 5.92. The van der Waals surface area contributed by atoms with Crippen LogP contribution in [-0.2, 0) is 11.2 Å². The number of hydrogen-bond donors (Lipinski definition) is 1. The van der Waals surface area contributed by atoms with E-state index in [-0.39, 0.29) is 11.7 Å². The van der Waals surface area contributed by atoms with Gasteiger partial charge in [-0.3, -0.25) is 4.79 Å². The summed E-state index contributed by atoms with van der Waals surface area (Å²) in [6.07, 6.45) is 0.864. The Hall–Kier alpha value is -3.34. The van der Waals surface area contributed by atoms with E-state index in [2.05, 4.69) is 5.32 Å². The van der Waals surface area contributed by atoms with E-state index in [1.54, 1.807) is 26.4 Å². The maximum absolute atomic E-state index is 13.0. The first-order valence-electron chi connectivity index (χ1n) is 8.96. The van der Waals surface area contributed by atoms with E-state index in [1.807, 2.05) is 42.5 Å². The lowest BCUT2D eigenvalue weighted by molar-refractivity contribution is -0.116. The van der Waals surface area contributed by atoms with Gasteiger partial charge in [0.05, 0.1) is 14.2 Å². The van der Waals surface area contributed by atoms with Gasteiger partial charge in [0, 0.05) is 17.7 Å². The van der Waals surface area contributed by atoms with Crippen molar-refractivity contribution < 1.29 is 18.7 Å². The molecule has 0 aliphatic heterocycles. The molecule has 1 N–H and O–H groups in total. The Morgan fingerprint density at radius 2 is 1.64 bits per heavy atom. The van der Waals surface area contributed by atoms with Gasteiger partial charge < -0.3 is 14.8 Å². The standard InChI is InChI=1S/C23H22FNO3/c1-27-20-11-6-17(7-12-20)21-15-19(10-13-22(21)28-2)25-23(26)14-5-16-3-8-18(24)9-4-16/h3-4,6-13,15H,5,14H2,1-2H3,(H,25,26). The predicted octanol–water partition coefficient (Wildman–Crippen LogP) is 5.08. The van der Waals surface area contributed by atoms with Gasteiger partial charge in [0.1, 0.15) is 17.3 Å². The van der Waals surface area contributed by atoms with Crippen molar-refractivity contribution in [3.63, 3.8) is 0 Å². The first kappa shape index (κ1) is 19.4. The SMILES string of the molecule is COc1ccc(-c2cc(NC(=O)CCc3ccc(F)cc3)ccc2OC)cc1. The van der Waals surface area contributed by atoms with Crippen LogP contribution >= 0.6 is 0 Å². The molecule has 0 spiro atoms. The van der Waals surface area contributed by atoms with Gasteiger partial charge in [-0.25, -0.2) is 4.39 Å². The van der Waals surface area contributed by atoms with E-state index in [9.17, 15) is 9.18 Å². The summed E-state index contributed by atoms with van der Waals surface area (Å²) in [4.78, 5) is 12.3. The van der Waals surface area contributed by atoms with Gasteiger partial charge >= 0.3 is 0 Å². The summed E-state index contributed by atoms with van der Waals surface area (Å²) < 4.78 is 23.6. The molecule has 0 aromatic heterocycles. The molecule has 1 amide bonds. The molecule has 3 aromatic carbocycles. The fourth-order valence-corrected chi connectivity index (χ4v) is 2.91. The number of hydrogen-bond acceptors (Lipinski definition) is 3. The van der Waals surface area contributed by atoms with Gasteiger partial charge in [-0.15, -0.1) is 0 Å². The number of halogens is 1. The molecule has 5 heteroatoms. The summed E-state index contributed by atoms with van der Waals surface area (Å²) >= 11 is 0. The molecule has 0 aliphatic carbocycles. The minimum Gasteiger partial charge on any atom is -0.497 e. The number of benzene rings is 3. The lowest BCUT2D eigenvalue weighted by Crippen LogP contribution is -2.12. The Morgan fingerprint density at radius 3 is 2.29 bits per heavy atom. The quantitative estimate of drug-likeness (QED) is 0.623. The van der Waals surface area contributed by atoms with Crippen LogP contribution in [0.4, 0.5) is 10.1 Å². The third-order valence-corrected chi connectivity index (χ3v) is 4.44. The number of anilines is 1. The van der Waals surface area contributed by atoms with E-state index in [4.69, 9.17) is 9.47 Å². The number of carbonyl (C=O) groups excluding carboxylic acids is 1. The largest absolute Gasteiger partial charge is 0.497 e. The highest BCUT2D eigenvalue weighted by Gasteiger charge is 2.10. The van der Waals surface area contributed by atoms with Crippen LogP contribution in [0.2, 0.25) is 0 Å². The number of carbonyl (C=O) groups is 1. The lowest BCUT2D eigenvalue weighted by Gasteiger charge is -2.12. The molecule has 0 atom stereocenters. The molecular formula is C23H22FNO3. The lowest BCUT2D eigenvalue weighted by atomic mass is 10.0. The molecule has 28 heavy (non-hydrogen) atoms. The van der Waals surface area contributed by atoms with Crippen LogP contribution in [0, 0.1) is 5.82 Å². The van der Waals surface area contributed by atoms with E-state index < -0.39 is 0 Å². The van der Waals surface area contributed by atoms with Crippen LogP contribution in [0.3, 0.4) is 0 Å². The molecule has 0 saturated carbocycles. The van der Waals surface area contributed by atoms with Gasteiger partial charge in [-0.05, 0) is 60.0 Å². The highest BCUT2D eigenvalue weighted by Crippen LogP contribution is 2.33. The van der Waals surface area contributed by atoms with Crippen molar-refractivity contribution in [3.8, 4) is 22.6 Å². The first-order chi connectivity index (χ1) is 13.6. The molecule has 3 aromatic rings. The van der Waals surface area contributed by atoms with Crippen LogP contribution in [0.25, 0.3) is 11.1 Å². The molecule has 0 saturated heterocycles. The third kappa shape index (κ3) is 4.88. The monoisotopic (exact) mass is 379 g/mol. The molecule has 3 rings (SSSR count). The molecular weight excluding hydrogens is 357 g/mol. The Labute approximate surface area is 163 Å². The van der Waals surface area contributed by atoms with Gasteiger partial charge in [-0.2, -0.15) is 0 Å². The minimum atomic E-state index is -0.280. The van der Waals surface area contributed by atoms with Gasteiger partial charge in [0.15, 0.2) is 0 Å². The van der Waals surface area contributed by atoms with Crippen LogP contribution in [0.1, 0.15) is 12.0 Å². The third-order valence-electron chi connectivity index (χ3n) is 4.44. The fraction of sp³-hybridized carbons (Fsp3) is 0.174. The summed E-state index contributed by atoms with van der Waals surface area (Å²) in [5.41, 5.74) is 3.45. The molecule has 0 bridgehead atoms. The molecule has 0 radical (unpaired) electrons. The number of methoxy groups -OCH3 is 2. The highest BCUT2D eigenvalue weighted by atomic mass is 19.1. The van der Waals surface area contributed by atoms with Gasteiger partial charge in [0.25, 0.3) is 0 Å². The van der Waals surface area contributed by atoms with Gasteiger partial charge in [-0.1, -0.05) is 24.3 Å². The average Bonchev–Trinajstić information content (AvgIpc) is 2.73. The average molecular weight is 379 g/mol. The summed E-state index contributed by atoms with van der Waals surface area (Å²) in [5, 5.41) is 2.91. The number of rotatable bonds is 7. The molecule has 0 fully saturated rings. The summed E-state index contributed by atoms with van der Waals surface area (Å²) in [5.74, 6) is 1.11. The number of ether oxygens (including phenoxy) is 2. The van der Waals surface area contributed by atoms with E-state index in [0.717, 1.165) is 28.2 Å². The Balaban J connectivity index is 1.71. The van der Waals surface area contributed by atoms with Crippen molar-refractivity contribution in [3.05, 3.63) is 78.1 Å². The number of nitrogens with one attached hydrogen (secondary N) is 1. The van der Waals surface area contributed by atoms with Crippen molar-refractivity contribution in [1.82, 2.24) is 0 Å². The second kappa shape index (κ2) is 9.04. The topological polar surface area (TPSA) is 47.6 Å². The Kier molecular flexibility index (Phi) is 6.27. The van der Waals surface area contributed by atoms with Crippen LogP contribution in [0.15, 0.2) is 66.7 Å². The summed E-state index contributed by atoms with van der Waals surface area (Å²) in [6, 6.07) is 19.3. The zero-order chi connectivity index (χ0) is 19.9. The van der Waals surface area contributed by atoms with Crippen molar-refractivity contribution in [1.29, 1.82) is 0 Å². The van der Waals surface area contributed by atoms with Crippen LogP contribution < -0.4 is 14.8 Å². The van der Waals surface area contributed by atoms with Crippen molar-refractivity contribution in [2.24, 2.45) is 0 Å². The second-order valence-electron chi connectivity index (χ2n) is 6.32. The first-order valence-corrected chi connectivity index (χ1v) is 8.96. The maximum atomic E-state index is 13.0. The van der Waals surface area contributed by atoms with E-state index in [1.165, 1.54) is 12.1 Å². The molecule has 0 aliphatic rings. The smallest absolute Gasteiger partial charge is 0.224 e. The van der Waals surface area contributed by atoms with Crippen LogP contribution in [0.5, 0.6) is 11.5 Å². The van der Waals surface area contributed by atoms with Gasteiger partial charge in [0.2, 0.25) is 5.91 Å². The number of aryl methyl sites for hydroxylation is 1. The molecule has 0 unspecified atom stereocenters.